The summed E-state index contributed by atoms with van der Waals surface area (Å²) in [6, 6.07) is 10.0. The SMILES string of the molecule is COCC(O)CN(C)CC(=O)NCCc1ccccc1. The van der Waals surface area contributed by atoms with E-state index in [-0.39, 0.29) is 19.1 Å². The second-order valence-corrected chi connectivity index (χ2v) is 4.89. The van der Waals surface area contributed by atoms with Crippen molar-refractivity contribution in [2.75, 3.05) is 40.4 Å². The third-order valence-corrected chi connectivity index (χ3v) is 2.87. The molecule has 0 bridgehead atoms. The number of nitrogens with one attached hydrogen (secondary N) is 1. The highest BCUT2D eigenvalue weighted by Crippen LogP contribution is 1.98. The molecule has 1 atom stereocenters. The number of ether oxygens (including phenoxy) is 1. The van der Waals surface area contributed by atoms with Crippen LogP contribution in [0.2, 0.25) is 0 Å². The van der Waals surface area contributed by atoms with Gasteiger partial charge >= 0.3 is 0 Å². The highest BCUT2D eigenvalue weighted by Gasteiger charge is 2.11. The van der Waals surface area contributed by atoms with Crippen LogP contribution < -0.4 is 5.32 Å². The number of carbonyl (C=O) groups is 1. The zero-order valence-corrected chi connectivity index (χ0v) is 12.2. The number of benzene rings is 1. The fourth-order valence-electron chi connectivity index (χ4n) is 1.96. The number of hydrogen-bond acceptors (Lipinski definition) is 4. The summed E-state index contributed by atoms with van der Waals surface area (Å²) in [5.74, 6) is -0.0342. The number of hydrogen-bond donors (Lipinski definition) is 2. The zero-order valence-electron chi connectivity index (χ0n) is 12.2. The standard InChI is InChI=1S/C15H24N2O3/c1-17(10-14(18)12-20-2)11-15(19)16-9-8-13-6-4-3-5-7-13/h3-7,14,18H,8-12H2,1-2H3,(H,16,19). The molecule has 2 N–H and O–H groups in total. The molecule has 0 heterocycles. The van der Waals surface area contributed by atoms with Crippen molar-refractivity contribution in [3.63, 3.8) is 0 Å². The highest BCUT2D eigenvalue weighted by atomic mass is 16.5. The van der Waals surface area contributed by atoms with Gasteiger partial charge in [0.1, 0.15) is 0 Å². The van der Waals surface area contributed by atoms with Gasteiger partial charge < -0.3 is 15.2 Å². The molecule has 0 spiro atoms. The molecule has 0 saturated carbocycles. The van der Waals surface area contributed by atoms with E-state index in [0.29, 0.717) is 13.1 Å². The number of methoxy groups -OCH3 is 1. The fraction of sp³-hybridized carbons (Fsp3) is 0.533. The number of aliphatic hydroxyl groups excluding tert-OH is 1. The molecule has 1 unspecified atom stereocenters. The first-order chi connectivity index (χ1) is 9.61. The third-order valence-electron chi connectivity index (χ3n) is 2.87. The molecule has 1 aromatic carbocycles. The Morgan fingerprint density at radius 3 is 2.75 bits per heavy atom. The molecule has 0 aromatic heterocycles. The van der Waals surface area contributed by atoms with Crippen LogP contribution in [0.1, 0.15) is 5.56 Å². The Labute approximate surface area is 120 Å². The minimum Gasteiger partial charge on any atom is -0.389 e. The lowest BCUT2D eigenvalue weighted by Crippen LogP contribution is -2.40. The van der Waals surface area contributed by atoms with Crippen LogP contribution in [-0.4, -0.2) is 62.4 Å². The summed E-state index contributed by atoms with van der Waals surface area (Å²) in [6.45, 7) is 1.59. The summed E-state index contributed by atoms with van der Waals surface area (Å²) >= 11 is 0. The first-order valence-electron chi connectivity index (χ1n) is 6.78. The van der Waals surface area contributed by atoms with Gasteiger partial charge in [-0.05, 0) is 19.0 Å². The second kappa shape index (κ2) is 9.47. The van der Waals surface area contributed by atoms with Crippen LogP contribution in [0.25, 0.3) is 0 Å². The molecule has 20 heavy (non-hydrogen) atoms. The largest absolute Gasteiger partial charge is 0.389 e. The maximum Gasteiger partial charge on any atom is 0.234 e. The lowest BCUT2D eigenvalue weighted by molar-refractivity contribution is -0.122. The predicted octanol–water partition coefficient (Wildman–Crippen LogP) is 0.284. The molecule has 5 heteroatoms. The van der Waals surface area contributed by atoms with Crippen LogP contribution in [0.15, 0.2) is 30.3 Å². The van der Waals surface area contributed by atoms with Gasteiger partial charge in [0.05, 0.1) is 19.3 Å². The van der Waals surface area contributed by atoms with Crippen molar-refractivity contribution in [3.05, 3.63) is 35.9 Å². The van der Waals surface area contributed by atoms with Crippen molar-refractivity contribution in [3.8, 4) is 0 Å². The molecule has 5 nitrogen and oxygen atoms in total. The molecule has 1 amide bonds. The molecule has 0 radical (unpaired) electrons. The number of nitrogens with zero attached hydrogens (tertiary/aromatic N) is 1. The van der Waals surface area contributed by atoms with Gasteiger partial charge in [-0.3, -0.25) is 9.69 Å². The summed E-state index contributed by atoms with van der Waals surface area (Å²) in [6.07, 6.45) is 0.255. The minimum absolute atomic E-state index is 0.0342. The van der Waals surface area contributed by atoms with Crippen molar-refractivity contribution in [2.24, 2.45) is 0 Å². The minimum atomic E-state index is -0.567. The van der Waals surface area contributed by atoms with E-state index >= 15 is 0 Å². The molecule has 1 rings (SSSR count). The smallest absolute Gasteiger partial charge is 0.234 e. The van der Waals surface area contributed by atoms with Gasteiger partial charge in [-0.25, -0.2) is 0 Å². The number of carbonyl (C=O) groups excluding carboxylic acids is 1. The molecule has 0 fully saturated rings. The fourth-order valence-corrected chi connectivity index (χ4v) is 1.96. The van der Waals surface area contributed by atoms with E-state index in [9.17, 15) is 9.90 Å². The van der Waals surface area contributed by atoms with Crippen molar-refractivity contribution in [1.82, 2.24) is 10.2 Å². The monoisotopic (exact) mass is 280 g/mol. The Bertz CT molecular complexity index is 384. The van der Waals surface area contributed by atoms with Gasteiger partial charge in [-0.2, -0.15) is 0 Å². The second-order valence-electron chi connectivity index (χ2n) is 4.89. The van der Waals surface area contributed by atoms with Crippen LogP contribution in [-0.2, 0) is 16.0 Å². The van der Waals surface area contributed by atoms with Gasteiger partial charge in [0.2, 0.25) is 5.91 Å². The average molecular weight is 280 g/mol. The first-order valence-corrected chi connectivity index (χ1v) is 6.78. The Balaban J connectivity index is 2.16. The van der Waals surface area contributed by atoms with E-state index in [1.807, 2.05) is 30.3 Å². The van der Waals surface area contributed by atoms with E-state index in [0.717, 1.165) is 6.42 Å². The topological polar surface area (TPSA) is 61.8 Å². The maximum absolute atomic E-state index is 11.7. The summed E-state index contributed by atoms with van der Waals surface area (Å²) in [5.41, 5.74) is 1.21. The molecular formula is C15H24N2O3. The van der Waals surface area contributed by atoms with Crippen LogP contribution >= 0.6 is 0 Å². The lowest BCUT2D eigenvalue weighted by atomic mass is 10.1. The normalized spacial score (nSPS) is 12.4. The van der Waals surface area contributed by atoms with Crippen molar-refractivity contribution >= 4 is 5.91 Å². The van der Waals surface area contributed by atoms with Crippen LogP contribution in [0, 0.1) is 0 Å². The van der Waals surface area contributed by atoms with Crippen molar-refractivity contribution in [2.45, 2.75) is 12.5 Å². The van der Waals surface area contributed by atoms with Gasteiger partial charge in [-0.15, -0.1) is 0 Å². The van der Waals surface area contributed by atoms with Crippen LogP contribution in [0.3, 0.4) is 0 Å². The molecule has 0 saturated heterocycles. The molecule has 1 aromatic rings. The third kappa shape index (κ3) is 7.23. The van der Waals surface area contributed by atoms with E-state index in [1.165, 1.54) is 5.56 Å². The number of rotatable bonds is 9. The van der Waals surface area contributed by atoms with E-state index in [2.05, 4.69) is 5.32 Å². The van der Waals surface area contributed by atoms with Crippen molar-refractivity contribution in [1.29, 1.82) is 0 Å². The number of aliphatic hydroxyl groups is 1. The molecular weight excluding hydrogens is 256 g/mol. The molecule has 0 aliphatic rings. The van der Waals surface area contributed by atoms with Crippen molar-refractivity contribution < 1.29 is 14.6 Å². The van der Waals surface area contributed by atoms with Gasteiger partial charge in [0, 0.05) is 20.2 Å². The van der Waals surface area contributed by atoms with Gasteiger partial charge in [0.25, 0.3) is 0 Å². The van der Waals surface area contributed by atoms with E-state index in [1.54, 1.807) is 19.1 Å². The van der Waals surface area contributed by atoms with Crippen LogP contribution in [0.4, 0.5) is 0 Å². The lowest BCUT2D eigenvalue weighted by Gasteiger charge is -2.19. The van der Waals surface area contributed by atoms with E-state index < -0.39 is 6.10 Å². The maximum atomic E-state index is 11.7. The average Bonchev–Trinajstić information content (AvgIpc) is 2.39. The Morgan fingerprint density at radius 1 is 1.40 bits per heavy atom. The molecule has 0 aliphatic carbocycles. The van der Waals surface area contributed by atoms with Gasteiger partial charge in [-0.1, -0.05) is 30.3 Å². The van der Waals surface area contributed by atoms with Crippen LogP contribution in [0.5, 0.6) is 0 Å². The first kappa shape index (κ1) is 16.6. The summed E-state index contributed by atoms with van der Waals surface area (Å²) in [4.78, 5) is 13.5. The number of likely N-dealkylation sites (N-methyl/N-ethyl adjacent to an activating group) is 1. The summed E-state index contributed by atoms with van der Waals surface area (Å²) < 4.78 is 4.85. The Hall–Kier alpha value is -1.43. The highest BCUT2D eigenvalue weighted by molar-refractivity contribution is 5.77. The summed E-state index contributed by atoms with van der Waals surface area (Å²) in [7, 11) is 3.34. The summed E-state index contributed by atoms with van der Waals surface area (Å²) in [5, 5.41) is 12.4. The Kier molecular flexibility index (Phi) is 7.87. The van der Waals surface area contributed by atoms with E-state index in [4.69, 9.17) is 4.74 Å². The quantitative estimate of drug-likeness (QED) is 0.682. The number of amides is 1. The van der Waals surface area contributed by atoms with Gasteiger partial charge in [0.15, 0.2) is 0 Å². The molecule has 0 aliphatic heterocycles. The predicted molar refractivity (Wildman–Crippen MR) is 78.5 cm³/mol. The zero-order chi connectivity index (χ0) is 14.8. The molecule has 112 valence electrons. The Morgan fingerprint density at radius 2 is 2.10 bits per heavy atom.